The number of rotatable bonds is 5. The van der Waals surface area contributed by atoms with Crippen molar-refractivity contribution in [1.82, 2.24) is 10.6 Å². The van der Waals surface area contributed by atoms with Gasteiger partial charge in [0.05, 0.1) is 18.7 Å². The molecule has 3 N–H and O–H groups in total. The summed E-state index contributed by atoms with van der Waals surface area (Å²) in [4.78, 5) is 11.6. The molecule has 2 atom stereocenters. The van der Waals surface area contributed by atoms with E-state index in [2.05, 4.69) is 10.6 Å². The number of urea groups is 1. The predicted molar refractivity (Wildman–Crippen MR) is 64.7 cm³/mol. The van der Waals surface area contributed by atoms with Crippen LogP contribution in [0.5, 0.6) is 0 Å². The van der Waals surface area contributed by atoms with Gasteiger partial charge in [-0.2, -0.15) is 0 Å². The van der Waals surface area contributed by atoms with Crippen LogP contribution in [0, 0.1) is 6.92 Å². The molecular weight excluding hydrogens is 220 g/mol. The maximum Gasteiger partial charge on any atom is 0.315 e. The Kier molecular flexibility index (Phi) is 5.03. The second-order valence-corrected chi connectivity index (χ2v) is 4.08. The van der Waals surface area contributed by atoms with Crippen LogP contribution in [-0.2, 0) is 0 Å². The Morgan fingerprint density at radius 1 is 1.47 bits per heavy atom. The van der Waals surface area contributed by atoms with E-state index in [4.69, 9.17) is 9.52 Å². The summed E-state index contributed by atoms with van der Waals surface area (Å²) in [6.45, 7) is 5.55. The molecule has 1 rings (SSSR count). The number of carbonyl (C=O) groups is 1. The van der Waals surface area contributed by atoms with Gasteiger partial charge in [-0.25, -0.2) is 4.79 Å². The van der Waals surface area contributed by atoms with Crippen molar-refractivity contribution in [3.63, 3.8) is 0 Å². The van der Waals surface area contributed by atoms with Crippen LogP contribution in [0.25, 0.3) is 0 Å². The number of hydrogen-bond donors (Lipinski definition) is 3. The average Bonchev–Trinajstić information content (AvgIpc) is 2.72. The van der Waals surface area contributed by atoms with Crippen molar-refractivity contribution >= 4 is 6.03 Å². The fraction of sp³-hybridized carbons (Fsp3) is 0.583. The molecule has 0 aromatic carbocycles. The summed E-state index contributed by atoms with van der Waals surface area (Å²) in [5, 5.41) is 14.4. The summed E-state index contributed by atoms with van der Waals surface area (Å²) in [7, 11) is 0. The van der Waals surface area contributed by atoms with Gasteiger partial charge < -0.3 is 20.2 Å². The Balaban J connectivity index is 2.45. The molecule has 1 aromatic heterocycles. The number of furan rings is 1. The van der Waals surface area contributed by atoms with Crippen molar-refractivity contribution in [2.45, 2.75) is 39.3 Å². The molecule has 2 amide bonds. The molecule has 5 heteroatoms. The number of aliphatic hydroxyl groups excluding tert-OH is 1. The van der Waals surface area contributed by atoms with E-state index in [-0.39, 0.29) is 24.7 Å². The van der Waals surface area contributed by atoms with Crippen molar-refractivity contribution < 1.29 is 14.3 Å². The number of amides is 2. The van der Waals surface area contributed by atoms with E-state index >= 15 is 0 Å². The molecule has 17 heavy (non-hydrogen) atoms. The third-order valence-electron chi connectivity index (χ3n) is 2.58. The summed E-state index contributed by atoms with van der Waals surface area (Å²) < 4.78 is 5.41. The van der Waals surface area contributed by atoms with Crippen molar-refractivity contribution in [3.05, 3.63) is 23.7 Å². The standard InChI is InChI=1S/C12H20N2O3/c1-4-10(7-15)14-12(16)13-9(3)11-6-5-8(2)17-11/h5-6,9-10,15H,4,7H2,1-3H3,(H2,13,14,16). The first kappa shape index (κ1) is 13.6. The Morgan fingerprint density at radius 2 is 2.18 bits per heavy atom. The molecular formula is C12H20N2O3. The van der Waals surface area contributed by atoms with Gasteiger partial charge in [0.1, 0.15) is 11.5 Å². The summed E-state index contributed by atoms with van der Waals surface area (Å²) in [5.74, 6) is 1.53. The molecule has 5 nitrogen and oxygen atoms in total. The molecule has 0 saturated heterocycles. The minimum absolute atomic E-state index is 0.0574. The normalized spacial score (nSPS) is 14.1. The van der Waals surface area contributed by atoms with Crippen LogP contribution >= 0.6 is 0 Å². The third-order valence-corrected chi connectivity index (χ3v) is 2.58. The number of aliphatic hydroxyl groups is 1. The van der Waals surface area contributed by atoms with E-state index in [1.807, 2.05) is 32.9 Å². The molecule has 1 heterocycles. The molecule has 0 bridgehead atoms. The quantitative estimate of drug-likeness (QED) is 0.733. The lowest BCUT2D eigenvalue weighted by Crippen LogP contribution is -2.44. The van der Waals surface area contributed by atoms with Crippen LogP contribution in [0.3, 0.4) is 0 Å². The number of carbonyl (C=O) groups excluding carboxylic acids is 1. The minimum atomic E-state index is -0.299. The van der Waals surface area contributed by atoms with Gasteiger partial charge in [-0.1, -0.05) is 6.92 Å². The first-order valence-corrected chi connectivity index (χ1v) is 5.81. The fourth-order valence-corrected chi connectivity index (χ4v) is 1.46. The lowest BCUT2D eigenvalue weighted by molar-refractivity contribution is 0.211. The topological polar surface area (TPSA) is 74.5 Å². The van der Waals surface area contributed by atoms with Gasteiger partial charge in [-0.05, 0) is 32.4 Å². The number of hydrogen-bond acceptors (Lipinski definition) is 3. The largest absolute Gasteiger partial charge is 0.464 e. The first-order chi connectivity index (χ1) is 8.06. The molecule has 0 aliphatic heterocycles. The van der Waals surface area contributed by atoms with Gasteiger partial charge in [0.25, 0.3) is 0 Å². The summed E-state index contributed by atoms with van der Waals surface area (Å²) >= 11 is 0. The molecule has 0 spiro atoms. The van der Waals surface area contributed by atoms with Crippen LogP contribution in [0.1, 0.15) is 37.8 Å². The van der Waals surface area contributed by atoms with Crippen molar-refractivity contribution in [2.75, 3.05) is 6.61 Å². The zero-order valence-electron chi connectivity index (χ0n) is 10.5. The van der Waals surface area contributed by atoms with Gasteiger partial charge in [0.15, 0.2) is 0 Å². The smallest absolute Gasteiger partial charge is 0.315 e. The van der Waals surface area contributed by atoms with Crippen LogP contribution in [-0.4, -0.2) is 23.8 Å². The van der Waals surface area contributed by atoms with Gasteiger partial charge in [-0.15, -0.1) is 0 Å². The highest BCUT2D eigenvalue weighted by molar-refractivity contribution is 5.74. The Bertz CT molecular complexity index is 358. The van der Waals surface area contributed by atoms with Gasteiger partial charge in [0, 0.05) is 0 Å². The van der Waals surface area contributed by atoms with Gasteiger partial charge in [-0.3, -0.25) is 0 Å². The number of aryl methyl sites for hydroxylation is 1. The molecule has 2 unspecified atom stereocenters. The molecule has 0 aliphatic carbocycles. The maximum atomic E-state index is 11.6. The van der Waals surface area contributed by atoms with E-state index in [0.29, 0.717) is 6.42 Å². The third kappa shape index (κ3) is 4.11. The highest BCUT2D eigenvalue weighted by atomic mass is 16.3. The highest BCUT2D eigenvalue weighted by Crippen LogP contribution is 2.15. The summed E-state index contributed by atoms with van der Waals surface area (Å²) in [6.07, 6.45) is 0.693. The molecule has 0 fully saturated rings. The second kappa shape index (κ2) is 6.30. The van der Waals surface area contributed by atoms with Crippen molar-refractivity contribution in [1.29, 1.82) is 0 Å². The molecule has 0 aliphatic rings. The zero-order valence-corrected chi connectivity index (χ0v) is 10.5. The predicted octanol–water partition coefficient (Wildman–Crippen LogP) is 1.72. The van der Waals surface area contributed by atoms with E-state index < -0.39 is 0 Å². The van der Waals surface area contributed by atoms with E-state index in [1.54, 1.807) is 0 Å². The monoisotopic (exact) mass is 240 g/mol. The average molecular weight is 240 g/mol. The zero-order chi connectivity index (χ0) is 12.8. The van der Waals surface area contributed by atoms with Crippen LogP contribution in [0.4, 0.5) is 4.79 Å². The lowest BCUT2D eigenvalue weighted by Gasteiger charge is -2.17. The Hall–Kier alpha value is -1.49. The molecule has 0 saturated carbocycles. The first-order valence-electron chi connectivity index (χ1n) is 5.81. The molecule has 96 valence electrons. The van der Waals surface area contributed by atoms with Gasteiger partial charge >= 0.3 is 6.03 Å². The van der Waals surface area contributed by atoms with Crippen LogP contribution in [0.15, 0.2) is 16.5 Å². The summed E-state index contributed by atoms with van der Waals surface area (Å²) in [6, 6.07) is 2.99. The maximum absolute atomic E-state index is 11.6. The fourth-order valence-electron chi connectivity index (χ4n) is 1.46. The van der Waals surface area contributed by atoms with Gasteiger partial charge in [0.2, 0.25) is 0 Å². The highest BCUT2D eigenvalue weighted by Gasteiger charge is 2.14. The van der Waals surface area contributed by atoms with E-state index in [0.717, 1.165) is 11.5 Å². The minimum Gasteiger partial charge on any atom is -0.464 e. The lowest BCUT2D eigenvalue weighted by atomic mass is 10.2. The second-order valence-electron chi connectivity index (χ2n) is 4.08. The van der Waals surface area contributed by atoms with Crippen LogP contribution < -0.4 is 10.6 Å². The molecule has 1 aromatic rings. The van der Waals surface area contributed by atoms with Crippen molar-refractivity contribution in [2.24, 2.45) is 0 Å². The SMILES string of the molecule is CCC(CO)NC(=O)NC(C)c1ccc(C)o1. The van der Waals surface area contributed by atoms with Crippen molar-refractivity contribution in [3.8, 4) is 0 Å². The Morgan fingerprint density at radius 3 is 2.65 bits per heavy atom. The Labute approximate surface area is 101 Å². The summed E-state index contributed by atoms with van der Waals surface area (Å²) in [5.41, 5.74) is 0. The van der Waals surface area contributed by atoms with Crippen LogP contribution in [0.2, 0.25) is 0 Å². The molecule has 0 radical (unpaired) electrons. The van der Waals surface area contributed by atoms with E-state index in [9.17, 15) is 4.79 Å². The van der Waals surface area contributed by atoms with E-state index in [1.165, 1.54) is 0 Å². The number of nitrogens with one attached hydrogen (secondary N) is 2.